The van der Waals surface area contributed by atoms with Gasteiger partial charge in [0.15, 0.2) is 0 Å². The van der Waals surface area contributed by atoms with Crippen LogP contribution in [0.5, 0.6) is 0 Å². The molecule has 1 saturated heterocycles. The van der Waals surface area contributed by atoms with Gasteiger partial charge in [0.1, 0.15) is 0 Å². The van der Waals surface area contributed by atoms with Crippen LogP contribution in [0, 0.1) is 5.92 Å². The van der Waals surface area contributed by atoms with Crippen LogP contribution in [0.25, 0.3) is 0 Å². The lowest BCUT2D eigenvalue weighted by molar-refractivity contribution is -0.130. The first kappa shape index (κ1) is 15.7. The Balaban J connectivity index is 1.63. The number of piperidine rings is 1. The highest BCUT2D eigenvalue weighted by Crippen LogP contribution is 2.25. The Hall–Kier alpha value is -0.650. The summed E-state index contributed by atoms with van der Waals surface area (Å²) in [6.07, 6.45) is 5.40. The molecule has 1 aliphatic carbocycles. The van der Waals surface area contributed by atoms with E-state index in [1.807, 2.05) is 14.1 Å². The van der Waals surface area contributed by atoms with E-state index in [2.05, 4.69) is 10.2 Å². The predicted molar refractivity (Wildman–Crippen MR) is 79.5 cm³/mol. The summed E-state index contributed by atoms with van der Waals surface area (Å²) in [4.78, 5) is 15.6. The molecule has 2 rings (SSSR count). The van der Waals surface area contributed by atoms with Crippen molar-refractivity contribution in [1.29, 1.82) is 0 Å². The van der Waals surface area contributed by atoms with E-state index < -0.39 is 0 Å². The molecule has 2 aliphatic rings. The van der Waals surface area contributed by atoms with E-state index in [1.165, 1.54) is 6.42 Å². The van der Waals surface area contributed by atoms with Crippen LogP contribution in [0.1, 0.15) is 32.1 Å². The van der Waals surface area contributed by atoms with Crippen molar-refractivity contribution in [3.05, 3.63) is 0 Å². The molecule has 2 unspecified atom stereocenters. The quantitative estimate of drug-likeness (QED) is 0.761. The average molecular weight is 283 g/mol. The number of hydrogen-bond donors (Lipinski definition) is 2. The summed E-state index contributed by atoms with van der Waals surface area (Å²) in [6, 6.07) is 0.550. The van der Waals surface area contributed by atoms with Gasteiger partial charge in [-0.15, -0.1) is 0 Å². The van der Waals surface area contributed by atoms with Gasteiger partial charge in [-0.3, -0.25) is 9.69 Å². The number of carbonyl (C=O) groups is 1. The zero-order valence-corrected chi connectivity index (χ0v) is 12.8. The fourth-order valence-electron chi connectivity index (χ4n) is 3.20. The molecule has 1 aliphatic heterocycles. The minimum absolute atomic E-state index is 0.0969. The van der Waals surface area contributed by atoms with Gasteiger partial charge >= 0.3 is 0 Å². The number of amides is 1. The number of aliphatic hydroxyl groups excluding tert-OH is 1. The van der Waals surface area contributed by atoms with Crippen LogP contribution in [0.2, 0.25) is 0 Å². The highest BCUT2D eigenvalue weighted by molar-refractivity contribution is 5.77. The number of nitrogens with one attached hydrogen (secondary N) is 1. The third-order valence-electron chi connectivity index (χ3n) is 4.73. The molecule has 116 valence electrons. The van der Waals surface area contributed by atoms with E-state index in [-0.39, 0.29) is 12.0 Å². The zero-order chi connectivity index (χ0) is 14.5. The second-order valence-electron chi connectivity index (χ2n) is 6.51. The Morgan fingerprint density at radius 3 is 2.50 bits per heavy atom. The fraction of sp³-hybridized carbons (Fsp3) is 0.933. The van der Waals surface area contributed by atoms with Gasteiger partial charge in [-0.1, -0.05) is 6.42 Å². The smallest absolute Gasteiger partial charge is 0.236 e. The van der Waals surface area contributed by atoms with Crippen LogP contribution in [0.3, 0.4) is 0 Å². The molecule has 0 aromatic carbocycles. The lowest BCUT2D eigenvalue weighted by atomic mass is 10.0. The summed E-state index contributed by atoms with van der Waals surface area (Å²) in [5, 5.41) is 13.4. The normalized spacial score (nSPS) is 28.8. The summed E-state index contributed by atoms with van der Waals surface area (Å²) in [5.74, 6) is 0.633. The van der Waals surface area contributed by atoms with Crippen LogP contribution >= 0.6 is 0 Å². The molecule has 5 heteroatoms. The van der Waals surface area contributed by atoms with Crippen LogP contribution in [0.4, 0.5) is 0 Å². The van der Waals surface area contributed by atoms with Crippen LogP contribution in [0.15, 0.2) is 0 Å². The van der Waals surface area contributed by atoms with E-state index in [0.29, 0.717) is 18.5 Å². The number of likely N-dealkylation sites (tertiary alicyclic amines) is 1. The summed E-state index contributed by atoms with van der Waals surface area (Å²) in [5.41, 5.74) is 0. The second kappa shape index (κ2) is 7.38. The monoisotopic (exact) mass is 283 g/mol. The van der Waals surface area contributed by atoms with E-state index in [4.69, 9.17) is 0 Å². The number of likely N-dealkylation sites (N-methyl/N-ethyl adjacent to an activating group) is 1. The van der Waals surface area contributed by atoms with Crippen molar-refractivity contribution in [1.82, 2.24) is 15.1 Å². The van der Waals surface area contributed by atoms with Crippen molar-refractivity contribution >= 4 is 5.91 Å². The minimum atomic E-state index is -0.0969. The summed E-state index contributed by atoms with van der Waals surface area (Å²) >= 11 is 0. The molecule has 0 radical (unpaired) electrons. The molecule has 2 N–H and O–H groups in total. The Morgan fingerprint density at radius 1 is 1.25 bits per heavy atom. The minimum Gasteiger partial charge on any atom is -0.393 e. The number of nitrogens with zero attached hydrogens (tertiary/aromatic N) is 2. The molecule has 2 fully saturated rings. The van der Waals surface area contributed by atoms with Gasteiger partial charge in [0, 0.05) is 39.8 Å². The van der Waals surface area contributed by atoms with Crippen LogP contribution in [-0.2, 0) is 4.79 Å². The van der Waals surface area contributed by atoms with Crippen LogP contribution in [-0.4, -0.2) is 73.2 Å². The van der Waals surface area contributed by atoms with Gasteiger partial charge in [0.05, 0.1) is 12.6 Å². The molecule has 1 saturated carbocycles. The fourth-order valence-corrected chi connectivity index (χ4v) is 3.20. The van der Waals surface area contributed by atoms with Crippen molar-refractivity contribution in [3.8, 4) is 0 Å². The molecule has 5 nitrogen and oxygen atoms in total. The molecule has 0 aromatic heterocycles. The molecule has 0 spiro atoms. The standard InChI is InChI=1S/C15H29N3O2/c1-17(2)15(20)11-18-8-6-13(7-9-18)16-10-12-4-3-5-14(12)19/h12-14,16,19H,3-11H2,1-2H3. The maximum atomic E-state index is 11.7. The third kappa shape index (κ3) is 4.43. The molecule has 0 bridgehead atoms. The summed E-state index contributed by atoms with van der Waals surface area (Å²) in [6.45, 7) is 3.47. The van der Waals surface area contributed by atoms with Crippen molar-refractivity contribution in [2.24, 2.45) is 5.92 Å². The van der Waals surface area contributed by atoms with E-state index >= 15 is 0 Å². The Bertz CT molecular complexity index is 314. The highest BCUT2D eigenvalue weighted by Gasteiger charge is 2.27. The van der Waals surface area contributed by atoms with Gasteiger partial charge in [0.25, 0.3) is 0 Å². The maximum Gasteiger partial charge on any atom is 0.236 e. The van der Waals surface area contributed by atoms with Crippen molar-refractivity contribution in [2.75, 3.05) is 40.3 Å². The summed E-state index contributed by atoms with van der Waals surface area (Å²) in [7, 11) is 3.62. The number of aliphatic hydroxyl groups is 1. The molecule has 1 heterocycles. The van der Waals surface area contributed by atoms with Gasteiger partial charge in [-0.05, 0) is 31.6 Å². The summed E-state index contributed by atoms with van der Waals surface area (Å²) < 4.78 is 0. The first-order valence-corrected chi connectivity index (χ1v) is 7.90. The van der Waals surface area contributed by atoms with Crippen molar-refractivity contribution in [3.63, 3.8) is 0 Å². The average Bonchev–Trinajstić information content (AvgIpc) is 2.83. The molecule has 20 heavy (non-hydrogen) atoms. The largest absolute Gasteiger partial charge is 0.393 e. The van der Waals surface area contributed by atoms with Gasteiger partial charge < -0.3 is 15.3 Å². The Kier molecular flexibility index (Phi) is 5.81. The molecule has 2 atom stereocenters. The zero-order valence-electron chi connectivity index (χ0n) is 12.8. The molecule has 1 amide bonds. The second-order valence-corrected chi connectivity index (χ2v) is 6.51. The Labute approximate surface area is 122 Å². The first-order valence-electron chi connectivity index (χ1n) is 7.90. The Morgan fingerprint density at radius 2 is 1.95 bits per heavy atom. The predicted octanol–water partition coefficient (Wildman–Crippen LogP) is 0.290. The van der Waals surface area contributed by atoms with Crippen molar-refractivity contribution in [2.45, 2.75) is 44.2 Å². The van der Waals surface area contributed by atoms with E-state index in [1.54, 1.807) is 4.90 Å². The molecular weight excluding hydrogens is 254 g/mol. The van der Waals surface area contributed by atoms with Gasteiger partial charge in [-0.2, -0.15) is 0 Å². The maximum absolute atomic E-state index is 11.7. The van der Waals surface area contributed by atoms with Crippen LogP contribution < -0.4 is 5.32 Å². The highest BCUT2D eigenvalue weighted by atomic mass is 16.3. The molecule has 0 aromatic rings. The number of hydrogen-bond acceptors (Lipinski definition) is 4. The number of carbonyl (C=O) groups excluding carboxylic acids is 1. The third-order valence-corrected chi connectivity index (χ3v) is 4.73. The molecular formula is C15H29N3O2. The SMILES string of the molecule is CN(C)C(=O)CN1CCC(NCC2CCCC2O)CC1. The van der Waals surface area contributed by atoms with Gasteiger partial charge in [-0.25, -0.2) is 0 Å². The topological polar surface area (TPSA) is 55.8 Å². The van der Waals surface area contributed by atoms with Crippen molar-refractivity contribution < 1.29 is 9.90 Å². The lowest BCUT2D eigenvalue weighted by Crippen LogP contribution is -2.47. The van der Waals surface area contributed by atoms with Gasteiger partial charge in [0.2, 0.25) is 5.91 Å². The number of rotatable bonds is 5. The first-order chi connectivity index (χ1) is 9.56. The lowest BCUT2D eigenvalue weighted by Gasteiger charge is -2.33. The van der Waals surface area contributed by atoms with E-state index in [0.717, 1.165) is 45.3 Å². The van der Waals surface area contributed by atoms with E-state index in [9.17, 15) is 9.90 Å².